The molecule has 0 aromatic rings. The van der Waals surface area contributed by atoms with E-state index in [1.807, 2.05) is 11.2 Å². The fraction of sp³-hybridized carbons (Fsp3) is 0.857. The Balaban J connectivity index is 0. The lowest BCUT2D eigenvalue weighted by Gasteiger charge is -2.35. The average molecular weight is 405 g/mol. The van der Waals surface area contributed by atoms with Gasteiger partial charge >= 0.3 is 0 Å². The number of ether oxygens (including phenoxy) is 1. The maximum absolute atomic E-state index is 12.2. The normalized spacial score (nSPS) is 15.9. The number of methoxy groups -OCH3 is 1. The smallest absolute Gasteiger partial charge is 0.239 e. The second-order valence-electron chi connectivity index (χ2n) is 5.33. The van der Waals surface area contributed by atoms with Gasteiger partial charge in [0.2, 0.25) is 11.8 Å². The van der Waals surface area contributed by atoms with E-state index in [0.29, 0.717) is 52.3 Å². The summed E-state index contributed by atoms with van der Waals surface area (Å²) >= 11 is 1.70. The Bertz CT molecular complexity index is 359. The van der Waals surface area contributed by atoms with Crippen molar-refractivity contribution >= 4 is 48.4 Å². The molecule has 7 nitrogen and oxygen atoms in total. The zero-order chi connectivity index (χ0) is 16.4. The molecule has 24 heavy (non-hydrogen) atoms. The predicted octanol–water partition coefficient (Wildman–Crippen LogP) is -0.183. The summed E-state index contributed by atoms with van der Waals surface area (Å²) in [6.07, 6.45) is 2.72. The van der Waals surface area contributed by atoms with Crippen molar-refractivity contribution in [2.75, 3.05) is 65.0 Å². The Labute approximate surface area is 161 Å². The summed E-state index contributed by atoms with van der Waals surface area (Å²) in [6.45, 7) is 4.09. The first-order valence-corrected chi connectivity index (χ1v) is 8.99. The molecule has 0 bridgehead atoms. The van der Waals surface area contributed by atoms with Crippen LogP contribution in [0.2, 0.25) is 0 Å². The summed E-state index contributed by atoms with van der Waals surface area (Å²) in [4.78, 5) is 27.8. The van der Waals surface area contributed by atoms with Crippen molar-refractivity contribution in [3.05, 3.63) is 0 Å². The fourth-order valence-corrected chi connectivity index (χ4v) is 2.77. The highest BCUT2D eigenvalue weighted by Gasteiger charge is 2.25. The number of nitrogens with two attached hydrogens (primary N) is 1. The van der Waals surface area contributed by atoms with Crippen LogP contribution in [0.1, 0.15) is 6.42 Å². The van der Waals surface area contributed by atoms with Gasteiger partial charge in [0.15, 0.2) is 0 Å². The number of rotatable bonds is 9. The lowest BCUT2D eigenvalue weighted by molar-refractivity contribution is -0.134. The van der Waals surface area contributed by atoms with E-state index in [1.54, 1.807) is 18.9 Å². The SMILES string of the molecule is COCCNC(=O)CN1CCN(C(=O)[C@@H](N)CCSC)CC1.Cl.Cl. The first-order chi connectivity index (χ1) is 10.6. The van der Waals surface area contributed by atoms with Gasteiger partial charge in [-0.25, -0.2) is 0 Å². The maximum Gasteiger partial charge on any atom is 0.239 e. The van der Waals surface area contributed by atoms with Gasteiger partial charge in [-0.05, 0) is 18.4 Å². The molecule has 3 N–H and O–H groups in total. The molecule has 0 saturated carbocycles. The van der Waals surface area contributed by atoms with Crippen molar-refractivity contribution in [3.63, 3.8) is 0 Å². The van der Waals surface area contributed by atoms with Crippen LogP contribution in [-0.4, -0.2) is 92.6 Å². The van der Waals surface area contributed by atoms with E-state index >= 15 is 0 Å². The van der Waals surface area contributed by atoms with Crippen LogP contribution >= 0.6 is 36.6 Å². The van der Waals surface area contributed by atoms with Crippen LogP contribution in [0.5, 0.6) is 0 Å². The molecule has 1 fully saturated rings. The number of thioether (sulfide) groups is 1. The molecule has 0 radical (unpaired) electrons. The Morgan fingerprint density at radius 3 is 2.42 bits per heavy atom. The zero-order valence-electron chi connectivity index (χ0n) is 14.4. The van der Waals surface area contributed by atoms with Crippen molar-refractivity contribution in [2.45, 2.75) is 12.5 Å². The second-order valence-corrected chi connectivity index (χ2v) is 6.32. The van der Waals surface area contributed by atoms with Crippen molar-refractivity contribution in [1.29, 1.82) is 0 Å². The topological polar surface area (TPSA) is 87.9 Å². The lowest BCUT2D eigenvalue weighted by Crippen LogP contribution is -2.54. The molecule has 0 unspecified atom stereocenters. The van der Waals surface area contributed by atoms with Gasteiger partial charge in [-0.1, -0.05) is 0 Å². The highest BCUT2D eigenvalue weighted by atomic mass is 35.5. The summed E-state index contributed by atoms with van der Waals surface area (Å²) in [5, 5.41) is 2.80. The van der Waals surface area contributed by atoms with E-state index in [0.717, 1.165) is 5.75 Å². The van der Waals surface area contributed by atoms with Crippen LogP contribution in [0.25, 0.3) is 0 Å². The van der Waals surface area contributed by atoms with Crippen LogP contribution in [0.4, 0.5) is 0 Å². The Morgan fingerprint density at radius 1 is 1.25 bits per heavy atom. The molecule has 10 heteroatoms. The van der Waals surface area contributed by atoms with Crippen LogP contribution in [0.15, 0.2) is 0 Å². The largest absolute Gasteiger partial charge is 0.383 e. The first-order valence-electron chi connectivity index (χ1n) is 7.59. The number of piperazine rings is 1. The van der Waals surface area contributed by atoms with Crippen LogP contribution in [0, 0.1) is 0 Å². The van der Waals surface area contributed by atoms with Gasteiger partial charge in [-0.15, -0.1) is 24.8 Å². The predicted molar refractivity (Wildman–Crippen MR) is 103 cm³/mol. The molecule has 0 aromatic heterocycles. The molecule has 0 spiro atoms. The number of amides is 2. The van der Waals surface area contributed by atoms with E-state index in [9.17, 15) is 9.59 Å². The fourth-order valence-electron chi connectivity index (χ4n) is 2.28. The van der Waals surface area contributed by atoms with Crippen molar-refractivity contribution in [1.82, 2.24) is 15.1 Å². The van der Waals surface area contributed by atoms with Crippen molar-refractivity contribution < 1.29 is 14.3 Å². The minimum Gasteiger partial charge on any atom is -0.383 e. The Morgan fingerprint density at radius 2 is 1.88 bits per heavy atom. The molecule has 1 atom stereocenters. The van der Waals surface area contributed by atoms with Crippen LogP contribution < -0.4 is 11.1 Å². The standard InChI is InChI=1S/C14H28N4O3S.2ClH/c1-21-9-4-16-13(19)11-17-5-7-18(8-6-17)14(20)12(15)3-10-22-2;;/h12H,3-11,15H2,1-2H3,(H,16,19);2*1H/t12-;;/m0../s1. The number of halogens is 2. The van der Waals surface area contributed by atoms with E-state index in [1.165, 1.54) is 0 Å². The van der Waals surface area contributed by atoms with Gasteiger partial charge in [-0.2, -0.15) is 11.8 Å². The molecule has 1 saturated heterocycles. The van der Waals surface area contributed by atoms with E-state index in [4.69, 9.17) is 10.5 Å². The second kappa shape index (κ2) is 15.0. The Kier molecular flexibility index (Phi) is 16.3. The third-order valence-corrected chi connectivity index (χ3v) is 4.27. The highest BCUT2D eigenvalue weighted by Crippen LogP contribution is 2.06. The summed E-state index contributed by atoms with van der Waals surface area (Å²) < 4.78 is 4.89. The van der Waals surface area contributed by atoms with E-state index < -0.39 is 6.04 Å². The maximum atomic E-state index is 12.2. The molecule has 1 heterocycles. The minimum atomic E-state index is -0.406. The van der Waals surface area contributed by atoms with Gasteiger partial charge < -0.3 is 20.7 Å². The van der Waals surface area contributed by atoms with Gasteiger partial charge in [-0.3, -0.25) is 14.5 Å². The minimum absolute atomic E-state index is 0. The zero-order valence-corrected chi connectivity index (χ0v) is 16.8. The van der Waals surface area contributed by atoms with Crippen molar-refractivity contribution in [3.8, 4) is 0 Å². The number of hydrogen-bond donors (Lipinski definition) is 2. The molecule has 144 valence electrons. The van der Waals surface area contributed by atoms with E-state index in [2.05, 4.69) is 10.2 Å². The molecule has 0 aromatic carbocycles. The number of carbonyl (C=O) groups excluding carboxylic acids is 2. The first kappa shape index (κ1) is 26.0. The Hall–Kier alpha value is -0.250. The summed E-state index contributed by atoms with van der Waals surface area (Å²) in [7, 11) is 1.60. The van der Waals surface area contributed by atoms with Gasteiger partial charge in [0.1, 0.15) is 0 Å². The average Bonchev–Trinajstić information content (AvgIpc) is 2.53. The molecular weight excluding hydrogens is 375 g/mol. The molecule has 1 rings (SSSR count). The lowest BCUT2D eigenvalue weighted by atomic mass is 10.2. The number of hydrogen-bond acceptors (Lipinski definition) is 6. The van der Waals surface area contributed by atoms with E-state index in [-0.39, 0.29) is 36.6 Å². The van der Waals surface area contributed by atoms with Crippen molar-refractivity contribution in [2.24, 2.45) is 5.73 Å². The quantitative estimate of drug-likeness (QED) is 0.518. The highest BCUT2D eigenvalue weighted by molar-refractivity contribution is 7.98. The third-order valence-electron chi connectivity index (χ3n) is 3.63. The molecule has 1 aliphatic heterocycles. The molecule has 2 amide bonds. The molecular formula is C14H30Cl2N4O3S. The van der Waals surface area contributed by atoms with Crippen LogP contribution in [-0.2, 0) is 14.3 Å². The van der Waals surface area contributed by atoms with Crippen LogP contribution in [0.3, 0.4) is 0 Å². The third kappa shape index (κ3) is 9.90. The van der Waals surface area contributed by atoms with Gasteiger partial charge in [0.05, 0.1) is 19.2 Å². The number of carbonyl (C=O) groups is 2. The summed E-state index contributed by atoms with van der Waals surface area (Å²) in [5.41, 5.74) is 5.92. The summed E-state index contributed by atoms with van der Waals surface area (Å²) in [6, 6.07) is -0.406. The monoisotopic (exact) mass is 404 g/mol. The van der Waals surface area contributed by atoms with Gasteiger partial charge in [0, 0.05) is 39.8 Å². The summed E-state index contributed by atoms with van der Waals surface area (Å²) in [5.74, 6) is 0.917. The molecule has 0 aliphatic carbocycles. The number of nitrogens with one attached hydrogen (secondary N) is 1. The van der Waals surface area contributed by atoms with Gasteiger partial charge in [0.25, 0.3) is 0 Å². The number of nitrogens with zero attached hydrogens (tertiary/aromatic N) is 2. The molecule has 1 aliphatic rings.